The summed E-state index contributed by atoms with van der Waals surface area (Å²) in [6.07, 6.45) is 3.36. The van der Waals surface area contributed by atoms with Gasteiger partial charge in [-0.3, -0.25) is 14.2 Å². The molecule has 1 amide bonds. The van der Waals surface area contributed by atoms with Gasteiger partial charge in [0.05, 0.1) is 21.7 Å². The van der Waals surface area contributed by atoms with E-state index in [4.69, 9.17) is 11.6 Å². The molecule has 0 aliphatic rings. The monoisotopic (exact) mass is 471 g/mol. The van der Waals surface area contributed by atoms with E-state index in [0.717, 1.165) is 5.56 Å². The summed E-state index contributed by atoms with van der Waals surface area (Å²) < 4.78 is 4.50. The average Bonchev–Trinajstić information content (AvgIpc) is 3.04. The molecule has 0 saturated carbocycles. The van der Waals surface area contributed by atoms with E-state index in [1.165, 1.54) is 4.68 Å². The van der Waals surface area contributed by atoms with Gasteiger partial charge in [0.15, 0.2) is 5.82 Å². The number of anilines is 1. The van der Waals surface area contributed by atoms with Gasteiger partial charge in [-0.05, 0) is 43.5 Å². The standard InChI is InChI=1S/C15H12Br2ClN5O/c1-22-13(10(16)6-19-22)15(24)20-14-11(17)8-23(21-14)7-9-4-2-3-5-12(9)18/h2-6,8H,7H2,1H3,(H,20,21,24). The lowest BCUT2D eigenvalue weighted by Gasteiger charge is -2.05. The lowest BCUT2D eigenvalue weighted by Crippen LogP contribution is -2.17. The van der Waals surface area contributed by atoms with Crippen LogP contribution in [-0.4, -0.2) is 25.5 Å². The molecule has 9 heteroatoms. The fraction of sp³-hybridized carbons (Fsp3) is 0.133. The van der Waals surface area contributed by atoms with Crippen LogP contribution in [-0.2, 0) is 13.6 Å². The van der Waals surface area contributed by atoms with Crippen LogP contribution in [0.5, 0.6) is 0 Å². The second-order valence-corrected chi connectivity index (χ2v) is 7.15. The summed E-state index contributed by atoms with van der Waals surface area (Å²) in [5.41, 5.74) is 1.36. The smallest absolute Gasteiger partial charge is 0.276 e. The Kier molecular flexibility index (Phi) is 5.07. The van der Waals surface area contributed by atoms with Crippen LogP contribution < -0.4 is 5.32 Å². The van der Waals surface area contributed by atoms with Crippen LogP contribution in [0.1, 0.15) is 16.1 Å². The summed E-state index contributed by atoms with van der Waals surface area (Å²) in [6, 6.07) is 7.56. The quantitative estimate of drug-likeness (QED) is 0.621. The van der Waals surface area contributed by atoms with Gasteiger partial charge in [0.1, 0.15) is 5.69 Å². The van der Waals surface area contributed by atoms with Crippen LogP contribution in [0.15, 0.2) is 45.6 Å². The van der Waals surface area contributed by atoms with Crippen LogP contribution in [0.2, 0.25) is 5.02 Å². The van der Waals surface area contributed by atoms with E-state index in [1.807, 2.05) is 24.3 Å². The Balaban J connectivity index is 1.80. The molecule has 1 aromatic carbocycles. The molecule has 0 aliphatic heterocycles. The number of benzene rings is 1. The van der Waals surface area contributed by atoms with Gasteiger partial charge in [-0.1, -0.05) is 29.8 Å². The zero-order valence-electron chi connectivity index (χ0n) is 12.5. The number of hydrogen-bond acceptors (Lipinski definition) is 3. The van der Waals surface area contributed by atoms with Crippen LogP contribution in [0.25, 0.3) is 0 Å². The Hall–Kier alpha value is -1.64. The number of halogens is 3. The molecule has 0 fully saturated rings. The van der Waals surface area contributed by atoms with E-state index >= 15 is 0 Å². The van der Waals surface area contributed by atoms with Crippen LogP contribution in [0, 0.1) is 0 Å². The van der Waals surface area contributed by atoms with Crippen molar-refractivity contribution in [3.05, 3.63) is 61.9 Å². The van der Waals surface area contributed by atoms with Gasteiger partial charge in [0.25, 0.3) is 5.91 Å². The summed E-state index contributed by atoms with van der Waals surface area (Å²) >= 11 is 12.9. The van der Waals surface area contributed by atoms with Crippen molar-refractivity contribution in [3.8, 4) is 0 Å². The van der Waals surface area contributed by atoms with Crippen molar-refractivity contribution in [3.63, 3.8) is 0 Å². The van der Waals surface area contributed by atoms with Crippen molar-refractivity contribution in [1.29, 1.82) is 0 Å². The van der Waals surface area contributed by atoms with E-state index in [1.54, 1.807) is 24.1 Å². The van der Waals surface area contributed by atoms with Crippen molar-refractivity contribution in [2.24, 2.45) is 7.05 Å². The topological polar surface area (TPSA) is 64.7 Å². The first kappa shape index (κ1) is 17.2. The molecule has 0 bridgehead atoms. The zero-order chi connectivity index (χ0) is 17.3. The Morgan fingerprint density at radius 3 is 2.71 bits per heavy atom. The van der Waals surface area contributed by atoms with E-state index < -0.39 is 0 Å². The number of rotatable bonds is 4. The number of aromatic nitrogens is 4. The highest BCUT2D eigenvalue weighted by molar-refractivity contribution is 9.11. The number of nitrogens with zero attached hydrogens (tertiary/aromatic N) is 4. The molecule has 0 spiro atoms. The fourth-order valence-corrected chi connectivity index (χ4v) is 3.34. The molecule has 3 aromatic rings. The van der Waals surface area contributed by atoms with Crippen LogP contribution in [0.3, 0.4) is 0 Å². The molecule has 0 atom stereocenters. The predicted molar refractivity (Wildman–Crippen MR) is 99.3 cm³/mol. The van der Waals surface area contributed by atoms with Crippen molar-refractivity contribution < 1.29 is 4.79 Å². The highest BCUT2D eigenvalue weighted by Crippen LogP contribution is 2.24. The number of hydrogen-bond donors (Lipinski definition) is 1. The van der Waals surface area contributed by atoms with E-state index in [9.17, 15) is 4.79 Å². The first-order valence-electron chi connectivity index (χ1n) is 6.91. The minimum Gasteiger partial charge on any atom is -0.303 e. The molecular weight excluding hydrogens is 461 g/mol. The van der Waals surface area contributed by atoms with E-state index in [2.05, 4.69) is 47.4 Å². The fourth-order valence-electron chi connectivity index (χ4n) is 2.20. The molecule has 1 N–H and O–H groups in total. The minimum atomic E-state index is -0.300. The van der Waals surface area contributed by atoms with Gasteiger partial charge >= 0.3 is 0 Å². The van der Waals surface area contributed by atoms with Crippen molar-refractivity contribution in [2.45, 2.75) is 6.54 Å². The predicted octanol–water partition coefficient (Wildman–Crippen LogP) is 4.10. The first-order valence-corrected chi connectivity index (χ1v) is 8.87. The van der Waals surface area contributed by atoms with E-state index in [0.29, 0.717) is 32.0 Å². The summed E-state index contributed by atoms with van der Waals surface area (Å²) in [5.74, 6) is 0.130. The number of amides is 1. The van der Waals surface area contributed by atoms with Gasteiger partial charge < -0.3 is 5.32 Å². The highest BCUT2D eigenvalue weighted by Gasteiger charge is 2.18. The molecule has 0 unspecified atom stereocenters. The Bertz CT molecular complexity index is 886. The van der Waals surface area contributed by atoms with E-state index in [-0.39, 0.29) is 5.91 Å². The molecule has 0 aliphatic carbocycles. The second-order valence-electron chi connectivity index (χ2n) is 5.03. The summed E-state index contributed by atoms with van der Waals surface area (Å²) in [4.78, 5) is 12.4. The van der Waals surface area contributed by atoms with Gasteiger partial charge in [0, 0.05) is 18.3 Å². The van der Waals surface area contributed by atoms with Crippen molar-refractivity contribution in [2.75, 3.05) is 5.32 Å². The third-order valence-electron chi connectivity index (χ3n) is 3.35. The second kappa shape index (κ2) is 7.08. The van der Waals surface area contributed by atoms with Gasteiger partial charge in [-0.25, -0.2) is 0 Å². The molecule has 0 saturated heterocycles. The molecule has 2 heterocycles. The van der Waals surface area contributed by atoms with Crippen LogP contribution >= 0.6 is 43.5 Å². The largest absolute Gasteiger partial charge is 0.303 e. The Morgan fingerprint density at radius 1 is 1.29 bits per heavy atom. The maximum absolute atomic E-state index is 12.4. The SMILES string of the molecule is Cn1ncc(Br)c1C(=O)Nc1nn(Cc2ccccc2Cl)cc1Br. The Labute approximate surface area is 160 Å². The zero-order valence-corrected chi connectivity index (χ0v) is 16.4. The number of carbonyl (C=O) groups excluding carboxylic acids is 1. The number of carbonyl (C=O) groups is 1. The number of aryl methyl sites for hydroxylation is 1. The lowest BCUT2D eigenvalue weighted by molar-refractivity contribution is 0.101. The molecule has 124 valence electrons. The first-order chi connectivity index (χ1) is 11.5. The average molecular weight is 474 g/mol. The van der Waals surface area contributed by atoms with Gasteiger partial charge in [0.2, 0.25) is 0 Å². The number of nitrogens with one attached hydrogen (secondary N) is 1. The molecule has 2 aromatic heterocycles. The molecule has 3 rings (SSSR count). The van der Waals surface area contributed by atoms with Crippen LogP contribution in [0.4, 0.5) is 5.82 Å². The molecule has 24 heavy (non-hydrogen) atoms. The summed E-state index contributed by atoms with van der Waals surface area (Å²) in [5, 5.41) is 11.9. The van der Waals surface area contributed by atoms with Crippen molar-refractivity contribution >= 4 is 55.2 Å². The van der Waals surface area contributed by atoms with Crippen molar-refractivity contribution in [1.82, 2.24) is 19.6 Å². The Morgan fingerprint density at radius 2 is 2.04 bits per heavy atom. The maximum atomic E-state index is 12.4. The molecule has 6 nitrogen and oxygen atoms in total. The molecular formula is C15H12Br2ClN5O. The van der Waals surface area contributed by atoms with Gasteiger partial charge in [-0.2, -0.15) is 10.2 Å². The molecule has 0 radical (unpaired) electrons. The van der Waals surface area contributed by atoms with Gasteiger partial charge in [-0.15, -0.1) is 0 Å². The third kappa shape index (κ3) is 3.55. The highest BCUT2D eigenvalue weighted by atomic mass is 79.9. The maximum Gasteiger partial charge on any atom is 0.276 e. The summed E-state index contributed by atoms with van der Waals surface area (Å²) in [7, 11) is 1.70. The normalized spacial score (nSPS) is 10.8. The third-order valence-corrected chi connectivity index (χ3v) is 4.88. The summed E-state index contributed by atoms with van der Waals surface area (Å²) in [6.45, 7) is 0.504. The lowest BCUT2D eigenvalue weighted by atomic mass is 10.2. The minimum absolute atomic E-state index is 0.300.